The Morgan fingerprint density at radius 3 is 2.44 bits per heavy atom. The number of carbonyl (C=O) groups excluding carboxylic acids is 1. The maximum absolute atomic E-state index is 13.8. The van der Waals surface area contributed by atoms with Gasteiger partial charge in [0.15, 0.2) is 11.5 Å². The molecule has 0 heterocycles. The summed E-state index contributed by atoms with van der Waals surface area (Å²) in [6, 6.07) is 15.7. The quantitative estimate of drug-likeness (QED) is 0.359. The highest BCUT2D eigenvalue weighted by Gasteiger charge is 2.29. The van der Waals surface area contributed by atoms with Crippen LogP contribution >= 0.6 is 11.6 Å². The number of nitrogens with zero attached hydrogens (tertiary/aromatic N) is 1. The first-order valence-electron chi connectivity index (χ1n) is 11.2. The Hall–Kier alpha value is -3.30. The molecule has 0 fully saturated rings. The molecule has 0 radical (unpaired) electrons. The van der Waals surface area contributed by atoms with Crippen molar-refractivity contribution in [3.8, 4) is 11.5 Å². The number of halogens is 2. The van der Waals surface area contributed by atoms with Crippen LogP contribution in [0.3, 0.4) is 0 Å². The minimum atomic E-state index is -4.26. The van der Waals surface area contributed by atoms with E-state index in [1.807, 2.05) is 25.1 Å². The molecule has 0 spiro atoms. The van der Waals surface area contributed by atoms with Crippen LogP contribution in [0.25, 0.3) is 0 Å². The zero-order valence-electron chi connectivity index (χ0n) is 20.3. The van der Waals surface area contributed by atoms with Gasteiger partial charge in [-0.05, 0) is 55.7 Å². The zero-order valence-corrected chi connectivity index (χ0v) is 21.8. The lowest BCUT2D eigenvalue weighted by Gasteiger charge is -2.25. The summed E-state index contributed by atoms with van der Waals surface area (Å²) in [5.74, 6) is -0.663. The van der Waals surface area contributed by atoms with Gasteiger partial charge in [-0.25, -0.2) is 12.8 Å². The number of aryl methyl sites for hydroxylation is 2. The van der Waals surface area contributed by atoms with Gasteiger partial charge in [-0.2, -0.15) is 0 Å². The van der Waals surface area contributed by atoms with Crippen molar-refractivity contribution in [3.05, 3.63) is 82.6 Å². The lowest BCUT2D eigenvalue weighted by molar-refractivity contribution is -0.119. The summed E-state index contributed by atoms with van der Waals surface area (Å²) in [7, 11) is -1.44. The Morgan fingerprint density at radius 1 is 1.03 bits per heavy atom. The summed E-state index contributed by atoms with van der Waals surface area (Å²) in [6.07, 6.45) is 1.45. The molecule has 1 amide bonds. The minimum absolute atomic E-state index is 0.0473. The van der Waals surface area contributed by atoms with Crippen LogP contribution in [-0.2, 0) is 21.2 Å². The fraction of sp³-hybridized carbons (Fsp3) is 0.269. The molecule has 0 bridgehead atoms. The topological polar surface area (TPSA) is 84.9 Å². The second-order valence-electron chi connectivity index (χ2n) is 8.07. The summed E-state index contributed by atoms with van der Waals surface area (Å²) in [4.78, 5) is 12.6. The summed E-state index contributed by atoms with van der Waals surface area (Å²) in [6.45, 7) is 1.85. The Labute approximate surface area is 215 Å². The summed E-state index contributed by atoms with van der Waals surface area (Å²) < 4.78 is 52.3. The number of hydrogen-bond acceptors (Lipinski definition) is 5. The Bertz CT molecular complexity index is 1330. The maximum Gasteiger partial charge on any atom is 0.264 e. The van der Waals surface area contributed by atoms with Crippen LogP contribution in [0.1, 0.15) is 17.5 Å². The van der Waals surface area contributed by atoms with Crippen LogP contribution in [0.15, 0.2) is 65.6 Å². The normalized spacial score (nSPS) is 11.1. The third kappa shape index (κ3) is 6.67. The van der Waals surface area contributed by atoms with E-state index in [-0.39, 0.29) is 21.4 Å². The number of anilines is 1. The van der Waals surface area contributed by atoms with Crippen LogP contribution in [0.4, 0.5) is 10.1 Å². The molecule has 10 heteroatoms. The van der Waals surface area contributed by atoms with Gasteiger partial charge in [0.25, 0.3) is 10.0 Å². The largest absolute Gasteiger partial charge is 0.493 e. The molecule has 7 nitrogen and oxygen atoms in total. The second kappa shape index (κ2) is 12.1. The molecule has 0 aliphatic heterocycles. The van der Waals surface area contributed by atoms with Crippen molar-refractivity contribution >= 4 is 33.2 Å². The zero-order chi connectivity index (χ0) is 26.3. The van der Waals surface area contributed by atoms with Crippen molar-refractivity contribution in [2.45, 2.75) is 24.7 Å². The molecule has 0 aliphatic rings. The van der Waals surface area contributed by atoms with Gasteiger partial charge in [-0.1, -0.05) is 41.4 Å². The van der Waals surface area contributed by atoms with Gasteiger partial charge in [-0.3, -0.25) is 9.10 Å². The number of ether oxygens (including phenoxy) is 2. The van der Waals surface area contributed by atoms with Crippen molar-refractivity contribution in [1.29, 1.82) is 0 Å². The average molecular weight is 535 g/mol. The summed E-state index contributed by atoms with van der Waals surface area (Å²) in [5.41, 5.74) is 2.36. The van der Waals surface area contributed by atoms with E-state index in [4.69, 9.17) is 21.1 Å². The van der Waals surface area contributed by atoms with Crippen LogP contribution in [0, 0.1) is 12.7 Å². The molecule has 0 unspecified atom stereocenters. The molecule has 3 aromatic carbocycles. The first kappa shape index (κ1) is 27.3. The number of methoxy groups -OCH3 is 2. The fourth-order valence-electron chi connectivity index (χ4n) is 3.63. The molecule has 1 N–H and O–H groups in total. The van der Waals surface area contributed by atoms with Gasteiger partial charge in [0.05, 0.1) is 29.8 Å². The number of sulfonamides is 1. The molecule has 3 aromatic rings. The highest BCUT2D eigenvalue weighted by molar-refractivity contribution is 7.92. The Morgan fingerprint density at radius 2 is 1.78 bits per heavy atom. The van der Waals surface area contributed by atoms with Gasteiger partial charge >= 0.3 is 0 Å². The van der Waals surface area contributed by atoms with Crippen LogP contribution in [0.5, 0.6) is 11.5 Å². The minimum Gasteiger partial charge on any atom is -0.493 e. The smallest absolute Gasteiger partial charge is 0.264 e. The monoisotopic (exact) mass is 534 g/mol. The Balaban J connectivity index is 1.81. The van der Waals surface area contributed by atoms with E-state index in [0.717, 1.165) is 27.9 Å². The first-order chi connectivity index (χ1) is 17.1. The molecule has 0 atom stereocenters. The van der Waals surface area contributed by atoms with Crippen molar-refractivity contribution in [2.75, 3.05) is 31.6 Å². The van der Waals surface area contributed by atoms with Gasteiger partial charge in [0.1, 0.15) is 12.4 Å². The molecular weight excluding hydrogens is 507 g/mol. The highest BCUT2D eigenvalue weighted by Crippen LogP contribution is 2.33. The van der Waals surface area contributed by atoms with E-state index >= 15 is 0 Å². The van der Waals surface area contributed by atoms with Crippen molar-refractivity contribution in [2.24, 2.45) is 0 Å². The van der Waals surface area contributed by atoms with Crippen molar-refractivity contribution < 1.29 is 27.1 Å². The number of amides is 1. The Kier molecular flexibility index (Phi) is 9.17. The molecule has 0 aliphatic carbocycles. The number of carbonyl (C=O) groups is 1. The first-order valence-corrected chi connectivity index (χ1v) is 13.0. The third-order valence-corrected chi connectivity index (χ3v) is 7.53. The van der Waals surface area contributed by atoms with E-state index in [0.29, 0.717) is 18.7 Å². The molecule has 0 aromatic heterocycles. The third-order valence-electron chi connectivity index (χ3n) is 5.47. The fourth-order valence-corrected chi connectivity index (χ4v) is 5.24. The van der Waals surface area contributed by atoms with E-state index in [1.54, 1.807) is 0 Å². The average Bonchev–Trinajstić information content (AvgIpc) is 2.86. The van der Waals surface area contributed by atoms with Crippen LogP contribution < -0.4 is 19.1 Å². The predicted octanol–water partition coefficient (Wildman–Crippen LogP) is 4.75. The standard InChI is InChI=1S/C26H28ClFN2O5S/c1-18-6-4-7-19(14-18)8-5-13-29-26(31)17-30(20-9-11-23(28)22(27)15-20)36(32,33)21-10-12-24(34-2)25(16-21)35-3/h4,6-7,9-12,14-16H,5,8,13,17H2,1-3H3,(H,29,31). The van der Waals surface area contributed by atoms with Gasteiger partial charge < -0.3 is 14.8 Å². The molecule has 192 valence electrons. The van der Waals surface area contributed by atoms with E-state index in [9.17, 15) is 17.6 Å². The molecular formula is C26H28ClFN2O5S. The van der Waals surface area contributed by atoms with Crippen molar-refractivity contribution in [3.63, 3.8) is 0 Å². The maximum atomic E-state index is 13.8. The van der Waals surface area contributed by atoms with E-state index < -0.39 is 28.3 Å². The van der Waals surface area contributed by atoms with Gasteiger partial charge in [-0.15, -0.1) is 0 Å². The van der Waals surface area contributed by atoms with Crippen molar-refractivity contribution in [1.82, 2.24) is 5.32 Å². The van der Waals surface area contributed by atoms with Crippen LogP contribution in [-0.4, -0.2) is 41.6 Å². The number of hydrogen-bond donors (Lipinski definition) is 1. The number of benzene rings is 3. The molecule has 0 saturated heterocycles. The predicted molar refractivity (Wildman–Crippen MR) is 138 cm³/mol. The number of nitrogens with one attached hydrogen (secondary N) is 1. The van der Waals surface area contributed by atoms with E-state index in [2.05, 4.69) is 11.4 Å². The second-order valence-corrected chi connectivity index (χ2v) is 10.3. The molecule has 36 heavy (non-hydrogen) atoms. The number of rotatable bonds is 11. The SMILES string of the molecule is COc1ccc(S(=O)(=O)N(CC(=O)NCCCc2cccc(C)c2)c2ccc(F)c(Cl)c2)cc1OC. The lowest BCUT2D eigenvalue weighted by atomic mass is 10.1. The van der Waals surface area contributed by atoms with Gasteiger partial charge in [0.2, 0.25) is 5.91 Å². The van der Waals surface area contributed by atoms with E-state index in [1.165, 1.54) is 44.6 Å². The molecule has 3 rings (SSSR count). The summed E-state index contributed by atoms with van der Waals surface area (Å²) in [5, 5.41) is 2.50. The molecule has 0 saturated carbocycles. The van der Waals surface area contributed by atoms with Crippen LogP contribution in [0.2, 0.25) is 5.02 Å². The summed E-state index contributed by atoms with van der Waals surface area (Å²) >= 11 is 5.92. The van der Waals surface area contributed by atoms with Gasteiger partial charge in [0, 0.05) is 12.6 Å². The lowest BCUT2D eigenvalue weighted by Crippen LogP contribution is -2.41. The highest BCUT2D eigenvalue weighted by atomic mass is 35.5.